The topological polar surface area (TPSA) is 68.5 Å². The van der Waals surface area contributed by atoms with Crippen molar-refractivity contribution in [1.29, 1.82) is 0 Å². The number of benzene rings is 1. The number of fused-ring (bicyclic) bond motifs is 1. The van der Waals surface area contributed by atoms with Gasteiger partial charge in [-0.05, 0) is 25.0 Å². The summed E-state index contributed by atoms with van der Waals surface area (Å²) in [6, 6.07) is 2.67. The van der Waals surface area contributed by atoms with E-state index in [0.29, 0.717) is 0 Å². The fourth-order valence-electron chi connectivity index (χ4n) is 2.17. The van der Waals surface area contributed by atoms with E-state index in [-0.39, 0.29) is 27.7 Å². The van der Waals surface area contributed by atoms with E-state index in [4.69, 9.17) is 16.7 Å². The van der Waals surface area contributed by atoms with Crippen LogP contribution in [0.3, 0.4) is 0 Å². The van der Waals surface area contributed by atoms with Gasteiger partial charge in [0.1, 0.15) is 0 Å². The van der Waals surface area contributed by atoms with Gasteiger partial charge in [0.25, 0.3) is 0 Å². The molecule has 0 bridgehead atoms. The van der Waals surface area contributed by atoms with Gasteiger partial charge >= 0.3 is 6.16 Å². The molecule has 0 spiro atoms. The smallest absolute Gasteiger partial charge is 0.449 e. The Hall–Kier alpha value is -2.08. The molecular weight excluding hydrogens is 289 g/mol. The van der Waals surface area contributed by atoms with E-state index in [1.165, 1.54) is 22.9 Å². The summed E-state index contributed by atoms with van der Waals surface area (Å²) in [6.45, 7) is 0. The van der Waals surface area contributed by atoms with E-state index in [1.807, 2.05) is 0 Å². The average Bonchev–Trinajstić information content (AvgIpc) is 3.20. The van der Waals surface area contributed by atoms with E-state index >= 15 is 0 Å². The minimum atomic E-state index is -1.58. The Morgan fingerprint density at radius 3 is 2.75 bits per heavy atom. The summed E-state index contributed by atoms with van der Waals surface area (Å²) in [5, 5.41) is 8.61. The number of ether oxygens (including phenoxy) is 1. The maximum atomic E-state index is 14.2. The third-order valence-corrected chi connectivity index (χ3v) is 3.48. The van der Waals surface area contributed by atoms with Crippen LogP contribution in [-0.4, -0.2) is 15.8 Å². The van der Waals surface area contributed by atoms with Crippen LogP contribution in [0.1, 0.15) is 18.9 Å². The SMILES string of the molecule is O=C(O)Oc1cn(C2CC2)c2c(F)c(Cl)ccc2c1=O. The van der Waals surface area contributed by atoms with Gasteiger partial charge in [0.15, 0.2) is 11.6 Å². The zero-order valence-corrected chi connectivity index (χ0v) is 10.9. The van der Waals surface area contributed by atoms with Crippen molar-refractivity contribution in [3.05, 3.63) is 39.4 Å². The van der Waals surface area contributed by atoms with Crippen molar-refractivity contribution in [2.24, 2.45) is 0 Å². The molecule has 1 aromatic heterocycles. The number of rotatable bonds is 2. The number of carbonyl (C=O) groups is 1. The lowest BCUT2D eigenvalue weighted by molar-refractivity contribution is 0.143. The molecule has 0 radical (unpaired) electrons. The van der Waals surface area contributed by atoms with Crippen LogP contribution in [0.15, 0.2) is 23.1 Å². The maximum absolute atomic E-state index is 14.2. The lowest BCUT2D eigenvalue weighted by Crippen LogP contribution is -2.16. The van der Waals surface area contributed by atoms with Gasteiger partial charge in [-0.1, -0.05) is 11.6 Å². The van der Waals surface area contributed by atoms with E-state index in [9.17, 15) is 14.0 Å². The molecule has 0 amide bonds. The minimum Gasteiger partial charge on any atom is -0.449 e. The minimum absolute atomic E-state index is 0.0298. The molecular formula is C13H9ClFNO4. The zero-order valence-electron chi connectivity index (χ0n) is 10.1. The zero-order chi connectivity index (χ0) is 14.4. The van der Waals surface area contributed by atoms with Gasteiger partial charge in [0.2, 0.25) is 5.43 Å². The van der Waals surface area contributed by atoms with Crippen LogP contribution in [0.2, 0.25) is 5.02 Å². The predicted octanol–water partition coefficient (Wildman–Crippen LogP) is 3.19. The normalized spacial score (nSPS) is 14.5. The van der Waals surface area contributed by atoms with Crippen LogP contribution >= 0.6 is 11.6 Å². The highest BCUT2D eigenvalue weighted by Gasteiger charge is 2.28. The molecule has 7 heteroatoms. The summed E-state index contributed by atoms with van der Waals surface area (Å²) in [7, 11) is 0. The number of aromatic nitrogens is 1. The first-order chi connectivity index (χ1) is 9.49. The van der Waals surface area contributed by atoms with Crippen LogP contribution in [0.4, 0.5) is 9.18 Å². The van der Waals surface area contributed by atoms with Crippen LogP contribution in [-0.2, 0) is 0 Å². The van der Waals surface area contributed by atoms with Crippen molar-refractivity contribution < 1.29 is 19.0 Å². The number of hydrogen-bond donors (Lipinski definition) is 1. The van der Waals surface area contributed by atoms with E-state index < -0.39 is 17.4 Å². The first-order valence-corrected chi connectivity index (χ1v) is 6.30. The molecule has 0 atom stereocenters. The molecule has 0 unspecified atom stereocenters. The molecule has 1 saturated carbocycles. The van der Waals surface area contributed by atoms with Crippen molar-refractivity contribution in [2.75, 3.05) is 0 Å². The van der Waals surface area contributed by atoms with Gasteiger partial charge in [-0.3, -0.25) is 4.79 Å². The summed E-state index contributed by atoms with van der Waals surface area (Å²) < 4.78 is 20.2. The van der Waals surface area contributed by atoms with E-state index in [0.717, 1.165) is 12.8 Å². The Morgan fingerprint density at radius 1 is 1.45 bits per heavy atom. The molecule has 2 aromatic rings. The molecule has 0 saturated heterocycles. The van der Waals surface area contributed by atoms with Crippen LogP contribution in [0, 0.1) is 5.82 Å². The molecule has 3 rings (SSSR count). The fraction of sp³-hybridized carbons (Fsp3) is 0.231. The summed E-state index contributed by atoms with van der Waals surface area (Å²) >= 11 is 5.75. The van der Waals surface area contributed by atoms with Gasteiger partial charge < -0.3 is 14.4 Å². The monoisotopic (exact) mass is 297 g/mol. The first kappa shape index (κ1) is 12.9. The Kier molecular flexibility index (Phi) is 2.90. The highest BCUT2D eigenvalue weighted by Crippen LogP contribution is 2.39. The average molecular weight is 298 g/mol. The molecule has 104 valence electrons. The third kappa shape index (κ3) is 2.02. The molecule has 0 aliphatic heterocycles. The molecule has 1 aliphatic rings. The second-order valence-corrected chi connectivity index (χ2v) is 4.99. The Morgan fingerprint density at radius 2 is 2.15 bits per heavy atom. The summed E-state index contributed by atoms with van der Waals surface area (Å²) in [5.74, 6) is -1.02. The van der Waals surface area contributed by atoms with Crippen LogP contribution < -0.4 is 10.2 Å². The number of pyridine rings is 1. The summed E-state index contributed by atoms with van der Waals surface area (Å²) in [5.41, 5.74) is -0.586. The quantitative estimate of drug-likeness (QED) is 0.864. The Bertz CT molecular complexity index is 782. The van der Waals surface area contributed by atoms with Crippen LogP contribution in [0.5, 0.6) is 5.75 Å². The maximum Gasteiger partial charge on any atom is 0.511 e. The van der Waals surface area contributed by atoms with Crippen molar-refractivity contribution >= 4 is 28.7 Å². The Balaban J connectivity index is 2.36. The molecule has 1 fully saturated rings. The third-order valence-electron chi connectivity index (χ3n) is 3.19. The summed E-state index contributed by atoms with van der Waals surface area (Å²) in [4.78, 5) is 22.7. The van der Waals surface area contributed by atoms with Crippen molar-refractivity contribution in [2.45, 2.75) is 18.9 Å². The molecule has 1 aliphatic carbocycles. The lowest BCUT2D eigenvalue weighted by atomic mass is 10.2. The predicted molar refractivity (Wildman–Crippen MR) is 70.1 cm³/mol. The van der Waals surface area contributed by atoms with Gasteiger partial charge in [-0.15, -0.1) is 0 Å². The van der Waals surface area contributed by atoms with Crippen molar-refractivity contribution in [3.63, 3.8) is 0 Å². The van der Waals surface area contributed by atoms with Gasteiger partial charge in [-0.25, -0.2) is 9.18 Å². The van der Waals surface area contributed by atoms with E-state index in [2.05, 4.69) is 4.74 Å². The molecule has 1 heterocycles. The van der Waals surface area contributed by atoms with Gasteiger partial charge in [0.05, 0.1) is 22.1 Å². The first-order valence-electron chi connectivity index (χ1n) is 5.92. The van der Waals surface area contributed by atoms with Gasteiger partial charge in [0, 0.05) is 6.04 Å². The summed E-state index contributed by atoms with van der Waals surface area (Å²) in [6.07, 6.45) is 1.31. The number of carboxylic acid groups (broad SMARTS) is 1. The van der Waals surface area contributed by atoms with Crippen LogP contribution in [0.25, 0.3) is 10.9 Å². The molecule has 1 aromatic carbocycles. The largest absolute Gasteiger partial charge is 0.511 e. The molecule has 5 nitrogen and oxygen atoms in total. The van der Waals surface area contributed by atoms with Gasteiger partial charge in [-0.2, -0.15) is 0 Å². The molecule has 1 N–H and O–H groups in total. The number of nitrogens with zero attached hydrogens (tertiary/aromatic N) is 1. The number of hydrogen-bond acceptors (Lipinski definition) is 3. The fourth-order valence-corrected chi connectivity index (χ4v) is 2.32. The Labute approximate surface area is 117 Å². The second kappa shape index (κ2) is 4.49. The highest BCUT2D eigenvalue weighted by atomic mass is 35.5. The standard InChI is InChI=1S/C13H9ClFNO4/c14-8-4-3-7-11(10(8)15)16(6-1-2-6)5-9(12(7)17)20-13(18)19/h3-6H,1-2H2,(H,18,19). The lowest BCUT2D eigenvalue weighted by Gasteiger charge is -2.13. The molecule has 20 heavy (non-hydrogen) atoms. The number of halogens is 2. The highest BCUT2D eigenvalue weighted by molar-refractivity contribution is 6.31. The second-order valence-electron chi connectivity index (χ2n) is 4.59. The van der Waals surface area contributed by atoms with E-state index in [1.54, 1.807) is 0 Å². The van der Waals surface area contributed by atoms with Crippen molar-refractivity contribution in [1.82, 2.24) is 4.57 Å². The van der Waals surface area contributed by atoms with Crippen molar-refractivity contribution in [3.8, 4) is 5.75 Å².